The number of fused-ring (bicyclic) bond motifs is 1. The third kappa shape index (κ3) is 6.75. The Kier molecular flexibility index (Phi) is 9.00. The zero-order chi connectivity index (χ0) is 26.4. The van der Waals surface area contributed by atoms with Gasteiger partial charge in [0.2, 0.25) is 5.91 Å². The first-order chi connectivity index (χ1) is 18.5. The van der Waals surface area contributed by atoms with Crippen molar-refractivity contribution in [3.05, 3.63) is 65.2 Å². The van der Waals surface area contributed by atoms with Crippen molar-refractivity contribution in [3.63, 3.8) is 0 Å². The minimum atomic E-state index is -0.790. The fourth-order valence-corrected chi connectivity index (χ4v) is 6.03. The van der Waals surface area contributed by atoms with Crippen molar-refractivity contribution in [2.75, 3.05) is 26.2 Å². The maximum absolute atomic E-state index is 13.0. The summed E-state index contributed by atoms with van der Waals surface area (Å²) in [5, 5.41) is 21.5. The highest BCUT2D eigenvalue weighted by molar-refractivity contribution is 5.78. The number of rotatable bonds is 11. The lowest BCUT2D eigenvalue weighted by Gasteiger charge is -2.48. The van der Waals surface area contributed by atoms with Crippen LogP contribution >= 0.6 is 0 Å². The number of nitrogens with zero attached hydrogens (tertiary/aromatic N) is 1. The first kappa shape index (κ1) is 27.1. The van der Waals surface area contributed by atoms with Gasteiger partial charge in [-0.25, -0.2) is 0 Å². The lowest BCUT2D eigenvalue weighted by molar-refractivity contribution is -0.124. The van der Waals surface area contributed by atoms with E-state index in [4.69, 9.17) is 4.74 Å². The molecule has 4 N–H and O–H groups in total. The SMILES string of the molecule is CCc1ccc2c(c1)[C@H](NC[C@@H](O)[C@@H](NCc1ccccc1)NC(=O)CN1CCCCC1)CC1(CCC1)O2. The summed E-state index contributed by atoms with van der Waals surface area (Å²) in [5.41, 5.74) is 3.49. The fraction of sp³-hybridized carbons (Fsp3) is 0.581. The molecular weight excluding hydrogens is 476 g/mol. The van der Waals surface area contributed by atoms with Crippen molar-refractivity contribution in [3.8, 4) is 5.75 Å². The molecule has 3 atom stereocenters. The molecule has 2 heterocycles. The predicted molar refractivity (Wildman–Crippen MR) is 150 cm³/mol. The predicted octanol–water partition coefficient (Wildman–Crippen LogP) is 3.66. The highest BCUT2D eigenvalue weighted by Crippen LogP contribution is 2.49. The summed E-state index contributed by atoms with van der Waals surface area (Å²) in [5.74, 6) is 0.919. The summed E-state index contributed by atoms with van der Waals surface area (Å²) < 4.78 is 6.48. The van der Waals surface area contributed by atoms with Crippen molar-refractivity contribution in [1.29, 1.82) is 0 Å². The lowest BCUT2D eigenvalue weighted by Crippen LogP contribution is -2.57. The summed E-state index contributed by atoms with van der Waals surface area (Å²) >= 11 is 0. The standard InChI is InChI=1S/C31H44N4O3/c1-2-23-12-13-28-25(18-23)26(19-31(38-28)14-9-15-31)32-21-27(36)30(33-20-24-10-5-3-6-11-24)34-29(37)22-35-16-7-4-8-17-35/h3,5-6,10-13,18,26-27,30,32-33,36H,2,4,7-9,14-17,19-22H2,1H3,(H,34,37)/t26-,27-,30+/m1/s1. The van der Waals surface area contributed by atoms with Gasteiger partial charge in [-0.15, -0.1) is 0 Å². The summed E-state index contributed by atoms with van der Waals surface area (Å²) in [6.45, 7) is 5.40. The van der Waals surface area contributed by atoms with Crippen LogP contribution in [-0.2, 0) is 17.8 Å². The van der Waals surface area contributed by atoms with E-state index in [1.165, 1.54) is 24.0 Å². The molecule has 1 saturated heterocycles. The van der Waals surface area contributed by atoms with Crippen LogP contribution in [0.5, 0.6) is 5.75 Å². The van der Waals surface area contributed by atoms with Gasteiger partial charge in [-0.05, 0) is 68.8 Å². The van der Waals surface area contributed by atoms with E-state index < -0.39 is 12.3 Å². The number of nitrogens with one attached hydrogen (secondary N) is 3. The molecule has 2 aromatic rings. The number of hydrogen-bond acceptors (Lipinski definition) is 6. The molecule has 1 aliphatic carbocycles. The van der Waals surface area contributed by atoms with Crippen LogP contribution in [0.15, 0.2) is 48.5 Å². The Balaban J connectivity index is 1.25. The molecular formula is C31H44N4O3. The summed E-state index contributed by atoms with van der Waals surface area (Å²) in [6, 6.07) is 16.7. The van der Waals surface area contributed by atoms with Gasteiger partial charge >= 0.3 is 0 Å². The number of benzene rings is 2. The fourth-order valence-electron chi connectivity index (χ4n) is 6.03. The van der Waals surface area contributed by atoms with E-state index >= 15 is 0 Å². The number of piperidine rings is 1. The Labute approximate surface area is 227 Å². The van der Waals surface area contributed by atoms with Crippen molar-refractivity contribution in [1.82, 2.24) is 20.9 Å². The molecule has 7 nitrogen and oxygen atoms in total. The van der Waals surface area contributed by atoms with E-state index in [2.05, 4.69) is 46.0 Å². The molecule has 2 fully saturated rings. The molecule has 2 aliphatic heterocycles. The van der Waals surface area contributed by atoms with Crippen LogP contribution in [0.25, 0.3) is 0 Å². The van der Waals surface area contributed by atoms with E-state index in [-0.39, 0.29) is 17.6 Å². The number of aliphatic hydroxyl groups is 1. The first-order valence-electron chi connectivity index (χ1n) is 14.6. The average Bonchev–Trinajstić information content (AvgIpc) is 2.93. The summed E-state index contributed by atoms with van der Waals surface area (Å²) in [4.78, 5) is 15.2. The maximum atomic E-state index is 13.0. The largest absolute Gasteiger partial charge is 0.487 e. The Morgan fingerprint density at radius 2 is 1.87 bits per heavy atom. The van der Waals surface area contributed by atoms with Gasteiger partial charge in [0, 0.05) is 31.1 Å². The Morgan fingerprint density at radius 1 is 1.08 bits per heavy atom. The van der Waals surface area contributed by atoms with Gasteiger partial charge < -0.3 is 20.5 Å². The number of hydrogen-bond donors (Lipinski definition) is 4. The van der Waals surface area contributed by atoms with Gasteiger partial charge in [0.1, 0.15) is 17.5 Å². The molecule has 0 bridgehead atoms. The molecule has 3 aliphatic rings. The number of likely N-dealkylation sites (tertiary alicyclic amines) is 1. The van der Waals surface area contributed by atoms with E-state index in [9.17, 15) is 9.90 Å². The molecule has 206 valence electrons. The van der Waals surface area contributed by atoms with Crippen LogP contribution < -0.4 is 20.7 Å². The second-order valence-corrected chi connectivity index (χ2v) is 11.3. The third-order valence-corrected chi connectivity index (χ3v) is 8.48. The summed E-state index contributed by atoms with van der Waals surface area (Å²) in [7, 11) is 0. The van der Waals surface area contributed by atoms with Gasteiger partial charge in [0.05, 0.1) is 12.6 Å². The second kappa shape index (κ2) is 12.6. The smallest absolute Gasteiger partial charge is 0.235 e. The van der Waals surface area contributed by atoms with Crippen LogP contribution in [0.4, 0.5) is 0 Å². The van der Waals surface area contributed by atoms with Crippen LogP contribution in [0, 0.1) is 0 Å². The van der Waals surface area contributed by atoms with Crippen molar-refractivity contribution in [2.24, 2.45) is 0 Å². The molecule has 7 heteroatoms. The molecule has 0 unspecified atom stereocenters. The van der Waals surface area contributed by atoms with Crippen LogP contribution in [-0.4, -0.2) is 60.0 Å². The van der Waals surface area contributed by atoms with Gasteiger partial charge in [-0.2, -0.15) is 0 Å². The minimum Gasteiger partial charge on any atom is -0.487 e. The van der Waals surface area contributed by atoms with E-state index in [0.29, 0.717) is 19.6 Å². The van der Waals surface area contributed by atoms with Crippen LogP contribution in [0.1, 0.15) is 74.6 Å². The Morgan fingerprint density at radius 3 is 2.58 bits per heavy atom. The van der Waals surface area contributed by atoms with Crippen LogP contribution in [0.2, 0.25) is 0 Å². The highest BCUT2D eigenvalue weighted by Gasteiger charge is 2.45. The minimum absolute atomic E-state index is 0.0473. The molecule has 0 aromatic heterocycles. The molecule has 0 radical (unpaired) electrons. The summed E-state index contributed by atoms with van der Waals surface area (Å²) in [6.07, 6.45) is 7.42. The van der Waals surface area contributed by atoms with E-state index in [1.54, 1.807) is 0 Å². The van der Waals surface area contributed by atoms with E-state index in [0.717, 1.165) is 62.9 Å². The lowest BCUT2D eigenvalue weighted by atomic mass is 9.72. The number of carbonyl (C=O) groups is 1. The normalized spacial score (nSPS) is 22.1. The first-order valence-corrected chi connectivity index (χ1v) is 14.6. The molecule has 1 amide bonds. The van der Waals surface area contributed by atoms with Gasteiger partial charge in [0.25, 0.3) is 0 Å². The number of ether oxygens (including phenoxy) is 1. The number of aliphatic hydroxyl groups excluding tert-OH is 1. The van der Waals surface area contributed by atoms with Crippen molar-refractivity contribution >= 4 is 5.91 Å². The molecule has 38 heavy (non-hydrogen) atoms. The van der Waals surface area contributed by atoms with Crippen molar-refractivity contribution < 1.29 is 14.6 Å². The molecule has 5 rings (SSSR count). The molecule has 1 spiro atoms. The highest BCUT2D eigenvalue weighted by atomic mass is 16.5. The molecule has 2 aromatic carbocycles. The zero-order valence-electron chi connectivity index (χ0n) is 22.8. The number of aryl methyl sites for hydroxylation is 1. The quantitative estimate of drug-likeness (QED) is 0.339. The topological polar surface area (TPSA) is 85.9 Å². The molecule has 1 saturated carbocycles. The third-order valence-electron chi connectivity index (χ3n) is 8.48. The van der Waals surface area contributed by atoms with Crippen molar-refractivity contribution in [2.45, 2.75) is 88.7 Å². The number of carbonyl (C=O) groups excluding carboxylic acids is 1. The zero-order valence-corrected chi connectivity index (χ0v) is 22.8. The Hall–Kier alpha value is -2.45. The van der Waals surface area contributed by atoms with Gasteiger partial charge in [0.15, 0.2) is 0 Å². The number of amides is 1. The Bertz CT molecular complexity index is 1050. The van der Waals surface area contributed by atoms with Gasteiger partial charge in [-0.1, -0.05) is 55.8 Å². The second-order valence-electron chi connectivity index (χ2n) is 11.3. The maximum Gasteiger partial charge on any atom is 0.235 e. The van der Waals surface area contributed by atoms with Crippen LogP contribution in [0.3, 0.4) is 0 Å². The average molecular weight is 521 g/mol. The monoisotopic (exact) mass is 520 g/mol. The van der Waals surface area contributed by atoms with E-state index in [1.807, 2.05) is 30.3 Å². The van der Waals surface area contributed by atoms with Gasteiger partial charge in [-0.3, -0.25) is 15.0 Å².